The van der Waals surface area contributed by atoms with E-state index in [0.29, 0.717) is 5.56 Å². The van der Waals surface area contributed by atoms with Crippen LogP contribution >= 0.6 is 0 Å². The fraction of sp³-hybridized carbons (Fsp3) is 0.240. The Bertz CT molecular complexity index is 1250. The molecule has 196 valence electrons. The van der Waals surface area contributed by atoms with E-state index in [2.05, 4.69) is 0 Å². The molecule has 1 aliphatic rings. The van der Waals surface area contributed by atoms with Crippen molar-refractivity contribution in [1.82, 2.24) is 0 Å². The van der Waals surface area contributed by atoms with Gasteiger partial charge in [0.25, 0.3) is 0 Å². The Morgan fingerprint density at radius 3 is 1.78 bits per heavy atom. The Morgan fingerprint density at radius 1 is 0.784 bits per heavy atom. The Balaban J connectivity index is 1.73. The number of carboxylic acids is 1. The van der Waals surface area contributed by atoms with Gasteiger partial charge in [-0.2, -0.15) is 0 Å². The maximum Gasteiger partial charge on any atom is 0.348 e. The van der Waals surface area contributed by atoms with E-state index in [1.165, 1.54) is 42.5 Å². The molecule has 0 aliphatic heterocycles. The minimum Gasteiger partial charge on any atom is -0.504 e. The van der Waals surface area contributed by atoms with Crippen molar-refractivity contribution in [3.63, 3.8) is 0 Å². The predicted molar refractivity (Wildman–Crippen MR) is 125 cm³/mol. The summed E-state index contributed by atoms with van der Waals surface area (Å²) in [5.74, 6) is -5.41. The molecule has 1 fully saturated rings. The third kappa shape index (κ3) is 6.57. The van der Waals surface area contributed by atoms with Crippen molar-refractivity contribution >= 4 is 30.1 Å². The van der Waals surface area contributed by atoms with Gasteiger partial charge in [0.1, 0.15) is 12.2 Å². The lowest BCUT2D eigenvalue weighted by Crippen LogP contribution is -2.58. The molecule has 1 aliphatic carbocycles. The largest absolute Gasteiger partial charge is 0.504 e. The topological polar surface area (TPSA) is 211 Å². The number of carbonyl (C=O) groups excluding carboxylic acids is 2. The molecule has 0 bridgehead atoms. The summed E-state index contributed by atoms with van der Waals surface area (Å²) in [5.41, 5.74) is -1.73. The smallest absolute Gasteiger partial charge is 0.348 e. The van der Waals surface area contributed by atoms with Crippen LogP contribution in [-0.2, 0) is 23.9 Å². The fourth-order valence-corrected chi connectivity index (χ4v) is 3.68. The third-order valence-corrected chi connectivity index (χ3v) is 5.62. The zero-order valence-corrected chi connectivity index (χ0v) is 19.1. The number of carboxylic acid groups (broad SMARTS) is 1. The van der Waals surface area contributed by atoms with E-state index in [1.807, 2.05) is 0 Å². The molecule has 7 N–H and O–H groups in total. The first-order valence-corrected chi connectivity index (χ1v) is 10.8. The van der Waals surface area contributed by atoms with E-state index < -0.39 is 66.2 Å². The number of benzene rings is 2. The van der Waals surface area contributed by atoms with E-state index in [-0.39, 0.29) is 17.1 Å². The fourth-order valence-electron chi connectivity index (χ4n) is 3.68. The zero-order valence-electron chi connectivity index (χ0n) is 19.1. The van der Waals surface area contributed by atoms with Gasteiger partial charge in [-0.1, -0.05) is 12.1 Å². The summed E-state index contributed by atoms with van der Waals surface area (Å²) in [4.78, 5) is 36.7. The second-order valence-corrected chi connectivity index (χ2v) is 8.33. The van der Waals surface area contributed by atoms with Crippen LogP contribution < -0.4 is 0 Å². The summed E-state index contributed by atoms with van der Waals surface area (Å²) in [5, 5.41) is 68.0. The Hall–Kier alpha value is -4.55. The van der Waals surface area contributed by atoms with Crippen molar-refractivity contribution in [2.75, 3.05) is 0 Å². The highest BCUT2D eigenvalue weighted by atomic mass is 16.6. The second-order valence-electron chi connectivity index (χ2n) is 8.33. The molecule has 0 radical (unpaired) electrons. The lowest BCUT2D eigenvalue weighted by atomic mass is 9.79. The number of phenols is 4. The highest BCUT2D eigenvalue weighted by Crippen LogP contribution is 2.35. The first-order chi connectivity index (χ1) is 17.4. The van der Waals surface area contributed by atoms with Crippen LogP contribution in [0.4, 0.5) is 0 Å². The average molecular weight is 516 g/mol. The van der Waals surface area contributed by atoms with Crippen LogP contribution in [0.3, 0.4) is 0 Å². The molecule has 0 spiro atoms. The SMILES string of the molecule is O=C(/C=C\c1ccc(O)c(O)c1)O[C@@]1(C(=O)O)C[C@H](O)[C@H](O)[C@H](OC(=O)/C=C/c2ccc(O)c(O)c2)C1. The number of ether oxygens (including phenoxy) is 2. The number of carbonyl (C=O) groups is 3. The number of esters is 2. The van der Waals surface area contributed by atoms with Crippen LogP contribution in [0.25, 0.3) is 12.2 Å². The highest BCUT2D eigenvalue weighted by Gasteiger charge is 2.54. The average Bonchev–Trinajstić information content (AvgIpc) is 2.83. The van der Waals surface area contributed by atoms with E-state index in [4.69, 9.17) is 9.47 Å². The lowest BCUT2D eigenvalue weighted by Gasteiger charge is -2.41. The lowest BCUT2D eigenvalue weighted by molar-refractivity contribution is -0.207. The number of aromatic hydroxyl groups is 4. The molecule has 0 saturated heterocycles. The van der Waals surface area contributed by atoms with Crippen LogP contribution in [0.2, 0.25) is 0 Å². The predicted octanol–water partition coefficient (Wildman–Crippen LogP) is 1.03. The Labute approximate surface area is 209 Å². The standard InChI is InChI=1S/C25H24O12/c26-15-5-1-13(9-17(15)28)3-7-21(31)36-20-12-25(24(34)35,11-19(30)23(20)33)37-22(32)8-4-14-2-6-16(27)18(29)10-14/h1-10,19-20,23,26-30,33H,11-12H2,(H,34,35)/b7-3+,8-4-/t19-,20+,23-,25-/m0/s1. The van der Waals surface area contributed by atoms with Gasteiger partial charge >= 0.3 is 17.9 Å². The molecule has 2 aromatic rings. The number of aliphatic hydroxyl groups excluding tert-OH is 2. The summed E-state index contributed by atoms with van der Waals surface area (Å²) < 4.78 is 10.2. The number of hydrogen-bond donors (Lipinski definition) is 7. The van der Waals surface area contributed by atoms with Gasteiger partial charge in [0.05, 0.1) is 6.10 Å². The molecule has 12 heteroatoms. The molecule has 1 saturated carbocycles. The van der Waals surface area contributed by atoms with Gasteiger partial charge in [-0.25, -0.2) is 14.4 Å². The summed E-state index contributed by atoms with van der Waals surface area (Å²) in [6.45, 7) is 0. The molecular weight excluding hydrogens is 492 g/mol. The van der Waals surface area contributed by atoms with Crippen LogP contribution in [0, 0.1) is 0 Å². The molecule has 12 nitrogen and oxygen atoms in total. The van der Waals surface area contributed by atoms with E-state index in [9.17, 15) is 50.1 Å². The molecule has 2 aromatic carbocycles. The molecular formula is C25H24O12. The van der Waals surface area contributed by atoms with Crippen molar-refractivity contribution in [1.29, 1.82) is 0 Å². The van der Waals surface area contributed by atoms with E-state index in [1.54, 1.807) is 0 Å². The molecule has 37 heavy (non-hydrogen) atoms. The van der Waals surface area contributed by atoms with E-state index in [0.717, 1.165) is 18.2 Å². The van der Waals surface area contributed by atoms with Gasteiger partial charge in [-0.3, -0.25) is 0 Å². The molecule has 0 aromatic heterocycles. The van der Waals surface area contributed by atoms with Crippen LogP contribution in [0.15, 0.2) is 48.6 Å². The summed E-state index contributed by atoms with van der Waals surface area (Å²) >= 11 is 0. The van der Waals surface area contributed by atoms with Gasteiger partial charge in [-0.05, 0) is 47.5 Å². The summed E-state index contributed by atoms with van der Waals surface area (Å²) in [6.07, 6.45) is -2.09. The number of phenolic OH excluding ortho intramolecular Hbond substituents is 4. The number of hydrogen-bond acceptors (Lipinski definition) is 11. The van der Waals surface area contributed by atoms with Gasteiger partial charge in [0, 0.05) is 25.0 Å². The Kier molecular flexibility index (Phi) is 8.05. The van der Waals surface area contributed by atoms with Crippen LogP contribution in [0.5, 0.6) is 23.0 Å². The zero-order chi connectivity index (χ0) is 27.3. The van der Waals surface area contributed by atoms with Gasteiger partial charge in [-0.15, -0.1) is 0 Å². The van der Waals surface area contributed by atoms with Gasteiger partial charge in [0.15, 0.2) is 23.0 Å². The van der Waals surface area contributed by atoms with Crippen LogP contribution in [-0.4, -0.2) is 77.6 Å². The summed E-state index contributed by atoms with van der Waals surface area (Å²) in [7, 11) is 0. The molecule has 3 rings (SSSR count). The van der Waals surface area contributed by atoms with Crippen LogP contribution in [0.1, 0.15) is 24.0 Å². The molecule has 0 amide bonds. The maximum absolute atomic E-state index is 12.4. The van der Waals surface area contributed by atoms with Crippen molar-refractivity contribution < 1.29 is 59.6 Å². The minimum atomic E-state index is -2.34. The van der Waals surface area contributed by atoms with Crippen molar-refractivity contribution in [2.45, 2.75) is 36.8 Å². The number of aliphatic carboxylic acids is 1. The highest BCUT2D eigenvalue weighted by molar-refractivity contribution is 5.91. The normalized spacial score (nSPS) is 23.7. The molecule has 4 atom stereocenters. The number of rotatable bonds is 7. The third-order valence-electron chi connectivity index (χ3n) is 5.62. The maximum atomic E-state index is 12.4. The number of aliphatic hydroxyl groups is 2. The first kappa shape index (κ1) is 27.0. The van der Waals surface area contributed by atoms with Gasteiger partial charge < -0.3 is 45.2 Å². The first-order valence-electron chi connectivity index (χ1n) is 10.8. The minimum absolute atomic E-state index is 0.288. The Morgan fingerprint density at radius 2 is 1.30 bits per heavy atom. The van der Waals surface area contributed by atoms with Gasteiger partial charge in [0.2, 0.25) is 5.60 Å². The van der Waals surface area contributed by atoms with Crippen molar-refractivity contribution in [2.24, 2.45) is 0 Å². The molecule has 0 heterocycles. The quantitative estimate of drug-likeness (QED) is 0.156. The van der Waals surface area contributed by atoms with E-state index >= 15 is 0 Å². The van der Waals surface area contributed by atoms with Crippen molar-refractivity contribution in [3.8, 4) is 23.0 Å². The van der Waals surface area contributed by atoms with Crippen molar-refractivity contribution in [3.05, 3.63) is 59.7 Å². The second kappa shape index (κ2) is 11.0. The monoisotopic (exact) mass is 516 g/mol. The molecule has 0 unspecified atom stereocenters. The summed E-state index contributed by atoms with van der Waals surface area (Å²) in [6, 6.07) is 7.44.